The SMILES string of the molecule is CCn1cnnc1CNCc1cc(Br)ccc1Cl. The average Bonchev–Trinajstić information content (AvgIpc) is 2.81. The Labute approximate surface area is 119 Å². The van der Waals surface area contributed by atoms with Crippen molar-refractivity contribution in [1.29, 1.82) is 0 Å². The average molecular weight is 330 g/mol. The van der Waals surface area contributed by atoms with Crippen molar-refractivity contribution in [3.8, 4) is 0 Å². The molecule has 4 nitrogen and oxygen atoms in total. The molecule has 0 saturated carbocycles. The van der Waals surface area contributed by atoms with Gasteiger partial charge in [-0.05, 0) is 30.7 Å². The van der Waals surface area contributed by atoms with E-state index in [0.29, 0.717) is 13.1 Å². The zero-order chi connectivity index (χ0) is 13.0. The molecular weight excluding hydrogens is 316 g/mol. The third-order valence-corrected chi connectivity index (χ3v) is 3.50. The molecule has 18 heavy (non-hydrogen) atoms. The quantitative estimate of drug-likeness (QED) is 0.917. The van der Waals surface area contributed by atoms with E-state index in [1.54, 1.807) is 6.33 Å². The summed E-state index contributed by atoms with van der Waals surface area (Å²) in [5, 5.41) is 12.0. The number of aryl methyl sites for hydroxylation is 1. The van der Waals surface area contributed by atoms with E-state index in [1.807, 2.05) is 22.8 Å². The lowest BCUT2D eigenvalue weighted by Gasteiger charge is -2.07. The van der Waals surface area contributed by atoms with E-state index in [9.17, 15) is 0 Å². The fraction of sp³-hybridized carbons (Fsp3) is 0.333. The molecule has 96 valence electrons. The summed E-state index contributed by atoms with van der Waals surface area (Å²) in [4.78, 5) is 0. The molecule has 0 saturated heterocycles. The van der Waals surface area contributed by atoms with Crippen LogP contribution in [0.2, 0.25) is 5.02 Å². The van der Waals surface area contributed by atoms with Crippen molar-refractivity contribution in [1.82, 2.24) is 20.1 Å². The predicted octanol–water partition coefficient (Wildman–Crippen LogP) is 3.00. The van der Waals surface area contributed by atoms with Crippen LogP contribution < -0.4 is 5.32 Å². The normalized spacial score (nSPS) is 10.8. The first kappa shape index (κ1) is 13.5. The summed E-state index contributed by atoms with van der Waals surface area (Å²) in [7, 11) is 0. The number of halogens is 2. The van der Waals surface area contributed by atoms with Gasteiger partial charge in [-0.2, -0.15) is 0 Å². The highest BCUT2D eigenvalue weighted by atomic mass is 79.9. The third-order valence-electron chi connectivity index (χ3n) is 2.64. The monoisotopic (exact) mass is 328 g/mol. The standard InChI is InChI=1S/C12H14BrClN4/c1-2-18-8-16-17-12(18)7-15-6-9-5-10(13)3-4-11(9)14/h3-5,8,15H,2,6-7H2,1H3. The minimum Gasteiger partial charge on any atom is -0.317 e. The Balaban J connectivity index is 1.94. The van der Waals surface area contributed by atoms with Crippen molar-refractivity contribution in [2.75, 3.05) is 0 Å². The van der Waals surface area contributed by atoms with Gasteiger partial charge in [0.25, 0.3) is 0 Å². The number of hydrogen-bond donors (Lipinski definition) is 1. The van der Waals surface area contributed by atoms with Crippen molar-refractivity contribution in [3.63, 3.8) is 0 Å². The van der Waals surface area contributed by atoms with Crippen molar-refractivity contribution in [3.05, 3.63) is 45.4 Å². The van der Waals surface area contributed by atoms with Gasteiger partial charge in [-0.15, -0.1) is 10.2 Å². The zero-order valence-corrected chi connectivity index (χ0v) is 12.4. The van der Waals surface area contributed by atoms with Gasteiger partial charge in [0.15, 0.2) is 0 Å². The van der Waals surface area contributed by atoms with Gasteiger partial charge >= 0.3 is 0 Å². The van der Waals surface area contributed by atoms with E-state index >= 15 is 0 Å². The minimum absolute atomic E-state index is 0.677. The van der Waals surface area contributed by atoms with Crippen LogP contribution in [-0.4, -0.2) is 14.8 Å². The summed E-state index contributed by atoms with van der Waals surface area (Å²) < 4.78 is 3.04. The molecule has 0 fully saturated rings. The molecule has 0 aliphatic rings. The number of hydrogen-bond acceptors (Lipinski definition) is 3. The van der Waals surface area contributed by atoms with Crippen LogP contribution >= 0.6 is 27.5 Å². The molecule has 1 N–H and O–H groups in total. The highest BCUT2D eigenvalue weighted by Crippen LogP contribution is 2.20. The molecule has 0 bridgehead atoms. The fourth-order valence-corrected chi connectivity index (χ4v) is 2.26. The highest BCUT2D eigenvalue weighted by Gasteiger charge is 2.04. The minimum atomic E-state index is 0.677. The molecule has 0 spiro atoms. The van der Waals surface area contributed by atoms with Gasteiger partial charge in [-0.1, -0.05) is 27.5 Å². The number of benzene rings is 1. The lowest BCUT2D eigenvalue weighted by atomic mass is 10.2. The zero-order valence-electron chi connectivity index (χ0n) is 10.0. The lowest BCUT2D eigenvalue weighted by Crippen LogP contribution is -2.16. The number of rotatable bonds is 5. The van der Waals surface area contributed by atoms with Crippen LogP contribution in [0.1, 0.15) is 18.3 Å². The smallest absolute Gasteiger partial charge is 0.146 e. The fourth-order valence-electron chi connectivity index (χ4n) is 1.67. The van der Waals surface area contributed by atoms with Gasteiger partial charge in [-0.25, -0.2) is 0 Å². The molecule has 2 rings (SSSR count). The molecule has 1 heterocycles. The van der Waals surface area contributed by atoms with Crippen molar-refractivity contribution >= 4 is 27.5 Å². The van der Waals surface area contributed by atoms with Crippen molar-refractivity contribution < 1.29 is 0 Å². The second-order valence-corrected chi connectivity index (χ2v) is 5.20. The number of nitrogens with one attached hydrogen (secondary N) is 1. The Morgan fingerprint density at radius 1 is 1.39 bits per heavy atom. The Bertz CT molecular complexity index is 527. The largest absolute Gasteiger partial charge is 0.317 e. The summed E-state index contributed by atoms with van der Waals surface area (Å²) in [5.41, 5.74) is 1.06. The molecule has 0 aliphatic carbocycles. The van der Waals surface area contributed by atoms with E-state index in [1.165, 1.54) is 0 Å². The van der Waals surface area contributed by atoms with Crippen LogP contribution in [0.4, 0.5) is 0 Å². The topological polar surface area (TPSA) is 42.7 Å². The first-order valence-electron chi connectivity index (χ1n) is 5.72. The second kappa shape index (κ2) is 6.31. The molecule has 0 amide bonds. The van der Waals surface area contributed by atoms with E-state index in [4.69, 9.17) is 11.6 Å². The Morgan fingerprint density at radius 3 is 3.00 bits per heavy atom. The second-order valence-electron chi connectivity index (χ2n) is 3.87. The molecule has 0 atom stereocenters. The predicted molar refractivity (Wildman–Crippen MR) is 75.4 cm³/mol. The first-order valence-corrected chi connectivity index (χ1v) is 6.89. The van der Waals surface area contributed by atoms with E-state index in [0.717, 1.165) is 27.4 Å². The molecule has 0 unspecified atom stereocenters. The van der Waals surface area contributed by atoms with Crippen molar-refractivity contribution in [2.24, 2.45) is 0 Å². The summed E-state index contributed by atoms with van der Waals surface area (Å²) in [6.45, 7) is 4.32. The van der Waals surface area contributed by atoms with E-state index < -0.39 is 0 Å². The third kappa shape index (κ3) is 3.31. The highest BCUT2D eigenvalue weighted by molar-refractivity contribution is 9.10. The van der Waals surface area contributed by atoms with Crippen LogP contribution in [0.25, 0.3) is 0 Å². The Kier molecular flexibility index (Phi) is 4.74. The van der Waals surface area contributed by atoms with Gasteiger partial charge in [0.2, 0.25) is 0 Å². The van der Waals surface area contributed by atoms with Crippen LogP contribution in [0.15, 0.2) is 29.0 Å². The summed E-state index contributed by atoms with van der Waals surface area (Å²) in [5.74, 6) is 0.934. The summed E-state index contributed by atoms with van der Waals surface area (Å²) in [6.07, 6.45) is 1.74. The van der Waals surface area contributed by atoms with Gasteiger partial charge in [0.1, 0.15) is 12.2 Å². The summed E-state index contributed by atoms with van der Waals surface area (Å²) in [6, 6.07) is 5.83. The first-order chi connectivity index (χ1) is 8.70. The molecule has 2 aromatic rings. The maximum Gasteiger partial charge on any atom is 0.146 e. The van der Waals surface area contributed by atoms with Gasteiger partial charge in [0, 0.05) is 22.6 Å². The van der Waals surface area contributed by atoms with Crippen molar-refractivity contribution in [2.45, 2.75) is 26.6 Å². The maximum atomic E-state index is 6.12. The van der Waals surface area contributed by atoms with Crippen LogP contribution in [0, 0.1) is 0 Å². The van der Waals surface area contributed by atoms with Gasteiger partial charge in [0.05, 0.1) is 6.54 Å². The molecule has 1 aromatic heterocycles. The van der Waals surface area contributed by atoms with Gasteiger partial charge in [-0.3, -0.25) is 0 Å². The molecule has 0 aliphatic heterocycles. The summed E-state index contributed by atoms with van der Waals surface area (Å²) >= 11 is 9.56. The van der Waals surface area contributed by atoms with E-state index in [2.05, 4.69) is 38.4 Å². The molecular formula is C12H14BrClN4. The number of nitrogens with zero attached hydrogens (tertiary/aromatic N) is 3. The Hall–Kier alpha value is -0.910. The van der Waals surface area contributed by atoms with E-state index in [-0.39, 0.29) is 0 Å². The van der Waals surface area contributed by atoms with Crippen LogP contribution in [-0.2, 0) is 19.6 Å². The van der Waals surface area contributed by atoms with Crippen LogP contribution in [0.5, 0.6) is 0 Å². The number of aromatic nitrogens is 3. The Morgan fingerprint density at radius 2 is 2.22 bits per heavy atom. The molecule has 0 radical (unpaired) electrons. The van der Waals surface area contributed by atoms with Gasteiger partial charge < -0.3 is 9.88 Å². The maximum absolute atomic E-state index is 6.12. The lowest BCUT2D eigenvalue weighted by molar-refractivity contribution is 0.612. The molecule has 6 heteroatoms. The van der Waals surface area contributed by atoms with Crippen LogP contribution in [0.3, 0.4) is 0 Å². The molecule has 1 aromatic carbocycles.